The first-order valence-electron chi connectivity index (χ1n) is 5.92. The Bertz CT molecular complexity index is 566. The lowest BCUT2D eigenvalue weighted by atomic mass is 10.1. The van der Waals surface area contributed by atoms with Gasteiger partial charge in [0.2, 0.25) is 0 Å². The van der Waals surface area contributed by atoms with Crippen LogP contribution in [-0.2, 0) is 0 Å². The van der Waals surface area contributed by atoms with Gasteiger partial charge >= 0.3 is 0 Å². The Morgan fingerprint density at radius 3 is 2.89 bits per heavy atom. The molecule has 1 atom stereocenters. The third kappa shape index (κ3) is 2.90. The molecule has 0 aliphatic heterocycles. The SMILES string of the molecule is COc1cc(C(=O)NC(C)c2ncn[nH]2)ccc1C. The number of aryl methyl sites for hydroxylation is 1. The lowest BCUT2D eigenvalue weighted by Crippen LogP contribution is -2.27. The summed E-state index contributed by atoms with van der Waals surface area (Å²) in [4.78, 5) is 16.1. The average Bonchev–Trinajstić information content (AvgIpc) is 2.93. The van der Waals surface area contributed by atoms with Crippen LogP contribution in [0.25, 0.3) is 0 Å². The number of nitrogens with zero attached hydrogens (tertiary/aromatic N) is 2. The standard InChI is InChI=1S/C13H16N4O2/c1-8-4-5-10(6-11(8)19-3)13(18)16-9(2)12-14-7-15-17-12/h4-7,9H,1-3H3,(H,16,18)(H,14,15,17). The Kier molecular flexibility index (Phi) is 3.79. The smallest absolute Gasteiger partial charge is 0.251 e. The molecule has 0 radical (unpaired) electrons. The number of nitrogens with one attached hydrogen (secondary N) is 2. The van der Waals surface area contributed by atoms with Crippen molar-refractivity contribution in [2.75, 3.05) is 7.11 Å². The van der Waals surface area contributed by atoms with Gasteiger partial charge in [-0.25, -0.2) is 4.98 Å². The molecule has 1 unspecified atom stereocenters. The zero-order valence-corrected chi connectivity index (χ0v) is 11.1. The van der Waals surface area contributed by atoms with E-state index in [1.165, 1.54) is 6.33 Å². The largest absolute Gasteiger partial charge is 0.496 e. The van der Waals surface area contributed by atoms with E-state index in [1.807, 2.05) is 19.9 Å². The maximum Gasteiger partial charge on any atom is 0.251 e. The fraction of sp³-hybridized carbons (Fsp3) is 0.308. The number of benzene rings is 1. The summed E-state index contributed by atoms with van der Waals surface area (Å²) in [6, 6.07) is 5.10. The zero-order chi connectivity index (χ0) is 13.8. The van der Waals surface area contributed by atoms with E-state index in [-0.39, 0.29) is 11.9 Å². The molecule has 0 saturated heterocycles. The van der Waals surface area contributed by atoms with Gasteiger partial charge in [0, 0.05) is 5.56 Å². The van der Waals surface area contributed by atoms with Crippen LogP contribution in [0.5, 0.6) is 5.75 Å². The molecule has 0 bridgehead atoms. The van der Waals surface area contributed by atoms with Gasteiger partial charge in [0.1, 0.15) is 17.9 Å². The molecule has 0 fully saturated rings. The molecule has 0 aliphatic carbocycles. The minimum atomic E-state index is -0.234. The van der Waals surface area contributed by atoms with Crippen LogP contribution in [0, 0.1) is 6.92 Å². The van der Waals surface area contributed by atoms with Gasteiger partial charge in [0.15, 0.2) is 0 Å². The third-order valence-corrected chi connectivity index (χ3v) is 2.86. The number of H-pyrrole nitrogens is 1. The Morgan fingerprint density at radius 2 is 2.26 bits per heavy atom. The highest BCUT2D eigenvalue weighted by molar-refractivity contribution is 5.94. The molecule has 100 valence electrons. The monoisotopic (exact) mass is 260 g/mol. The molecule has 2 rings (SSSR count). The summed E-state index contributed by atoms with van der Waals surface area (Å²) in [5, 5.41) is 9.32. The molecule has 0 aliphatic rings. The van der Waals surface area contributed by atoms with Crippen molar-refractivity contribution in [1.29, 1.82) is 0 Å². The van der Waals surface area contributed by atoms with Crippen molar-refractivity contribution in [3.05, 3.63) is 41.5 Å². The van der Waals surface area contributed by atoms with Crippen LogP contribution >= 0.6 is 0 Å². The van der Waals surface area contributed by atoms with Crippen LogP contribution in [0.4, 0.5) is 0 Å². The van der Waals surface area contributed by atoms with E-state index in [0.29, 0.717) is 17.1 Å². The number of carbonyl (C=O) groups is 1. The van der Waals surface area contributed by atoms with Crippen molar-refractivity contribution in [2.45, 2.75) is 19.9 Å². The second-order valence-corrected chi connectivity index (χ2v) is 4.25. The topological polar surface area (TPSA) is 79.9 Å². The van der Waals surface area contributed by atoms with Gasteiger partial charge < -0.3 is 10.1 Å². The normalized spacial score (nSPS) is 11.9. The summed E-state index contributed by atoms with van der Waals surface area (Å²) in [6.07, 6.45) is 1.41. The van der Waals surface area contributed by atoms with E-state index in [2.05, 4.69) is 20.5 Å². The number of aromatic nitrogens is 3. The summed E-state index contributed by atoms with van der Waals surface area (Å²) >= 11 is 0. The molecule has 0 spiro atoms. The number of aromatic amines is 1. The molecule has 0 saturated carbocycles. The predicted octanol–water partition coefficient (Wildman–Crippen LogP) is 1.61. The molecule has 1 amide bonds. The first-order valence-corrected chi connectivity index (χ1v) is 5.92. The fourth-order valence-corrected chi connectivity index (χ4v) is 1.73. The van der Waals surface area contributed by atoms with Gasteiger partial charge in [-0.05, 0) is 31.5 Å². The van der Waals surface area contributed by atoms with Gasteiger partial charge in [0.05, 0.1) is 13.2 Å². The van der Waals surface area contributed by atoms with Crippen molar-refractivity contribution in [3.63, 3.8) is 0 Å². The van der Waals surface area contributed by atoms with E-state index >= 15 is 0 Å². The van der Waals surface area contributed by atoms with Crippen LogP contribution in [0.15, 0.2) is 24.5 Å². The number of amides is 1. The summed E-state index contributed by atoms with van der Waals surface area (Å²) in [7, 11) is 1.58. The van der Waals surface area contributed by atoms with Gasteiger partial charge in [-0.3, -0.25) is 9.89 Å². The number of hydrogen-bond donors (Lipinski definition) is 2. The van der Waals surface area contributed by atoms with Crippen molar-refractivity contribution in [2.24, 2.45) is 0 Å². The maximum absolute atomic E-state index is 12.1. The van der Waals surface area contributed by atoms with E-state index in [9.17, 15) is 4.79 Å². The molecule has 1 aromatic heterocycles. The highest BCUT2D eigenvalue weighted by atomic mass is 16.5. The molecule has 6 heteroatoms. The molecule has 19 heavy (non-hydrogen) atoms. The average molecular weight is 260 g/mol. The Hall–Kier alpha value is -2.37. The lowest BCUT2D eigenvalue weighted by molar-refractivity contribution is 0.0938. The number of rotatable bonds is 4. The molecular weight excluding hydrogens is 244 g/mol. The number of ether oxygens (including phenoxy) is 1. The Balaban J connectivity index is 2.12. The maximum atomic E-state index is 12.1. The van der Waals surface area contributed by atoms with E-state index < -0.39 is 0 Å². The fourth-order valence-electron chi connectivity index (χ4n) is 1.73. The van der Waals surface area contributed by atoms with Gasteiger partial charge in [-0.2, -0.15) is 5.10 Å². The van der Waals surface area contributed by atoms with Crippen LogP contribution in [0.2, 0.25) is 0 Å². The number of hydrogen-bond acceptors (Lipinski definition) is 4. The highest BCUT2D eigenvalue weighted by Gasteiger charge is 2.14. The molecule has 2 aromatic rings. The van der Waals surface area contributed by atoms with Crippen LogP contribution in [0.1, 0.15) is 34.7 Å². The lowest BCUT2D eigenvalue weighted by Gasteiger charge is -2.12. The Morgan fingerprint density at radius 1 is 1.47 bits per heavy atom. The highest BCUT2D eigenvalue weighted by Crippen LogP contribution is 2.19. The Labute approximate surface area is 111 Å². The van der Waals surface area contributed by atoms with Crippen LogP contribution in [-0.4, -0.2) is 28.2 Å². The van der Waals surface area contributed by atoms with Gasteiger partial charge in [-0.1, -0.05) is 6.07 Å². The summed E-state index contributed by atoms with van der Waals surface area (Å²) in [5.41, 5.74) is 1.54. The number of methoxy groups -OCH3 is 1. The predicted molar refractivity (Wildman–Crippen MR) is 70.0 cm³/mol. The number of carbonyl (C=O) groups excluding carboxylic acids is 1. The minimum Gasteiger partial charge on any atom is -0.496 e. The third-order valence-electron chi connectivity index (χ3n) is 2.86. The van der Waals surface area contributed by atoms with E-state index in [1.54, 1.807) is 19.2 Å². The first kappa shape index (κ1) is 13.1. The van der Waals surface area contributed by atoms with Crippen molar-refractivity contribution in [1.82, 2.24) is 20.5 Å². The van der Waals surface area contributed by atoms with Crippen molar-refractivity contribution < 1.29 is 9.53 Å². The van der Waals surface area contributed by atoms with Crippen LogP contribution < -0.4 is 10.1 Å². The van der Waals surface area contributed by atoms with Gasteiger partial charge in [-0.15, -0.1) is 0 Å². The second-order valence-electron chi connectivity index (χ2n) is 4.25. The summed E-state index contributed by atoms with van der Waals surface area (Å²) in [5.74, 6) is 1.13. The summed E-state index contributed by atoms with van der Waals surface area (Å²) in [6.45, 7) is 3.77. The summed E-state index contributed by atoms with van der Waals surface area (Å²) < 4.78 is 5.20. The quantitative estimate of drug-likeness (QED) is 0.875. The molecular formula is C13H16N4O2. The molecule has 1 heterocycles. The van der Waals surface area contributed by atoms with Crippen molar-refractivity contribution in [3.8, 4) is 5.75 Å². The van der Waals surface area contributed by atoms with Crippen molar-refractivity contribution >= 4 is 5.91 Å². The molecule has 1 aromatic carbocycles. The van der Waals surface area contributed by atoms with Crippen LogP contribution in [0.3, 0.4) is 0 Å². The molecule has 6 nitrogen and oxygen atoms in total. The van der Waals surface area contributed by atoms with E-state index in [0.717, 1.165) is 5.56 Å². The molecule has 2 N–H and O–H groups in total. The first-order chi connectivity index (χ1) is 9.11. The zero-order valence-electron chi connectivity index (χ0n) is 11.1. The second kappa shape index (κ2) is 5.51. The van der Waals surface area contributed by atoms with Gasteiger partial charge in [0.25, 0.3) is 5.91 Å². The minimum absolute atomic E-state index is 0.179. The van der Waals surface area contributed by atoms with E-state index in [4.69, 9.17) is 4.74 Å².